The number of ether oxygens (including phenoxy) is 1. The number of hydrogen-bond acceptors (Lipinski definition) is 4. The number of carbonyl (C=O) groups excluding carboxylic acids is 1. The van der Waals surface area contributed by atoms with Crippen molar-refractivity contribution in [3.63, 3.8) is 0 Å². The summed E-state index contributed by atoms with van der Waals surface area (Å²) in [7, 11) is 5.33. The van der Waals surface area contributed by atoms with Crippen molar-refractivity contribution < 1.29 is 19.5 Å². The van der Waals surface area contributed by atoms with E-state index in [1.54, 1.807) is 0 Å². The number of nitrogens with zero attached hydrogens (tertiary/aromatic N) is 1. The van der Waals surface area contributed by atoms with Crippen LogP contribution in [-0.4, -0.2) is 57.4 Å². The molecule has 0 aromatic carbocycles. The van der Waals surface area contributed by atoms with Gasteiger partial charge in [0.05, 0.1) is 25.6 Å². The van der Waals surface area contributed by atoms with E-state index in [1.807, 2.05) is 19.0 Å². The first-order valence-electron chi connectivity index (χ1n) is 4.31. The molecule has 0 radical (unpaired) electrons. The molecule has 2 unspecified atom stereocenters. The second-order valence-corrected chi connectivity index (χ2v) is 3.62. The van der Waals surface area contributed by atoms with Crippen molar-refractivity contribution in [2.24, 2.45) is 0 Å². The number of methoxy groups -OCH3 is 1. The highest BCUT2D eigenvalue weighted by molar-refractivity contribution is 5.71. The molecule has 0 saturated carbocycles. The van der Waals surface area contributed by atoms with Crippen LogP contribution < -0.4 is 10.0 Å². The summed E-state index contributed by atoms with van der Waals surface area (Å²) >= 11 is 0. The van der Waals surface area contributed by atoms with Gasteiger partial charge < -0.3 is 19.5 Å². The van der Waals surface area contributed by atoms with Crippen LogP contribution in [0.3, 0.4) is 0 Å². The van der Waals surface area contributed by atoms with E-state index in [9.17, 15) is 9.90 Å². The van der Waals surface area contributed by atoms with Crippen LogP contribution in [-0.2, 0) is 9.53 Å². The summed E-state index contributed by atoms with van der Waals surface area (Å²) < 4.78 is 4.90. The summed E-state index contributed by atoms with van der Waals surface area (Å²) in [5, 5.41) is 10.7. The minimum absolute atomic E-state index is 0.0741. The van der Waals surface area contributed by atoms with E-state index in [1.165, 1.54) is 12.0 Å². The minimum atomic E-state index is -1.13. The van der Waals surface area contributed by atoms with Crippen LogP contribution in [0, 0.1) is 0 Å². The van der Waals surface area contributed by atoms with Gasteiger partial charge in [0, 0.05) is 7.11 Å². The Morgan fingerprint density at radius 3 is 2.69 bits per heavy atom. The van der Waals surface area contributed by atoms with Crippen LogP contribution in [0.5, 0.6) is 0 Å². The normalized spacial score (nSPS) is 31.9. The average molecular weight is 188 g/mol. The summed E-state index contributed by atoms with van der Waals surface area (Å²) in [6, 6.07) is -0.0741. The maximum absolute atomic E-state index is 10.7. The molecule has 0 spiro atoms. The Balaban J connectivity index is 2.64. The number of hydrogen-bond donors (Lipinski definition) is 1. The lowest BCUT2D eigenvalue weighted by molar-refractivity contribution is -0.871. The third-order valence-electron chi connectivity index (χ3n) is 2.48. The van der Waals surface area contributed by atoms with E-state index in [-0.39, 0.29) is 6.04 Å². The Hall–Kier alpha value is -0.650. The lowest BCUT2D eigenvalue weighted by atomic mass is 10.1. The predicted molar refractivity (Wildman–Crippen MR) is 44.0 cm³/mol. The zero-order valence-electron chi connectivity index (χ0n) is 8.24. The second-order valence-electron chi connectivity index (χ2n) is 3.62. The summed E-state index contributed by atoms with van der Waals surface area (Å²) in [6.07, 6.45) is -0.817. The minimum Gasteiger partial charge on any atom is -0.547 e. The van der Waals surface area contributed by atoms with E-state index in [0.717, 1.165) is 13.2 Å². The van der Waals surface area contributed by atoms with Gasteiger partial charge in [-0.3, -0.25) is 0 Å². The third kappa shape index (κ3) is 2.18. The lowest BCUT2D eigenvalue weighted by Gasteiger charge is -2.25. The molecule has 13 heavy (non-hydrogen) atoms. The Morgan fingerprint density at radius 1 is 1.77 bits per heavy atom. The molecule has 0 amide bonds. The number of quaternary nitrogens is 1. The second kappa shape index (κ2) is 4.04. The highest BCUT2D eigenvalue weighted by Crippen LogP contribution is 2.05. The summed E-state index contributed by atoms with van der Waals surface area (Å²) in [4.78, 5) is 14.0. The molecule has 1 aliphatic rings. The van der Waals surface area contributed by atoms with Gasteiger partial charge in [0.1, 0.15) is 12.8 Å². The van der Waals surface area contributed by atoms with E-state index >= 15 is 0 Å². The number of carboxylic acid groups (broad SMARTS) is 1. The van der Waals surface area contributed by atoms with Gasteiger partial charge in [-0.15, -0.1) is 0 Å². The van der Waals surface area contributed by atoms with Crippen molar-refractivity contribution in [1.29, 1.82) is 0 Å². The zero-order chi connectivity index (χ0) is 10.0. The van der Waals surface area contributed by atoms with E-state index in [2.05, 4.69) is 0 Å². The highest BCUT2D eigenvalue weighted by Gasteiger charge is 2.35. The molecule has 5 nitrogen and oxygen atoms in total. The first-order valence-corrected chi connectivity index (χ1v) is 4.31. The van der Waals surface area contributed by atoms with E-state index in [0.29, 0.717) is 0 Å². The first-order chi connectivity index (χ1) is 6.06. The summed E-state index contributed by atoms with van der Waals surface area (Å²) in [5.74, 6) is -1.13. The number of carbonyl (C=O) groups is 1. The molecule has 1 fully saturated rings. The smallest absolute Gasteiger partial charge is 0.133 e. The lowest BCUT2D eigenvalue weighted by Crippen LogP contribution is -3.07. The van der Waals surface area contributed by atoms with Gasteiger partial charge >= 0.3 is 0 Å². The van der Waals surface area contributed by atoms with Gasteiger partial charge in [0.15, 0.2) is 0 Å². The zero-order valence-corrected chi connectivity index (χ0v) is 8.24. The molecule has 5 heteroatoms. The molecule has 3 atom stereocenters. The predicted octanol–water partition coefficient (Wildman–Crippen LogP) is -3.46. The number of nitrogens with one attached hydrogen (secondary N) is 1. The Morgan fingerprint density at radius 2 is 2.38 bits per heavy atom. The summed E-state index contributed by atoms with van der Waals surface area (Å²) in [6.45, 7) is 1.63. The van der Waals surface area contributed by atoms with Crippen LogP contribution in [0.15, 0.2) is 0 Å². The number of rotatable bonds is 3. The number of aliphatic carboxylic acids is 1. The van der Waals surface area contributed by atoms with Gasteiger partial charge in [0.25, 0.3) is 0 Å². The molecule has 1 saturated heterocycles. The molecule has 0 aromatic heterocycles. The van der Waals surface area contributed by atoms with E-state index < -0.39 is 12.1 Å². The molecule has 1 heterocycles. The fourth-order valence-electron chi connectivity index (χ4n) is 1.87. The van der Waals surface area contributed by atoms with Crippen molar-refractivity contribution >= 4 is 5.97 Å². The van der Waals surface area contributed by atoms with Crippen molar-refractivity contribution in [3.8, 4) is 0 Å². The largest absolute Gasteiger partial charge is 0.547 e. The standard InChI is InChI=1S/C8H16N2O3/c1-9-4-6(10(2)5-9)7(13-3)8(11)12/h6-7H,4-5H2,1-3H3,(H,11,12)/t6?,7-/m0/s1. The fraction of sp³-hybridized carbons (Fsp3) is 0.875. The Kier molecular flexibility index (Phi) is 3.24. The van der Waals surface area contributed by atoms with Gasteiger partial charge in [-0.05, 0) is 7.05 Å². The molecule has 1 rings (SSSR count). The summed E-state index contributed by atoms with van der Waals surface area (Å²) in [5.41, 5.74) is 0. The van der Waals surface area contributed by atoms with Crippen molar-refractivity contribution in [2.45, 2.75) is 12.1 Å². The van der Waals surface area contributed by atoms with Crippen LogP contribution in [0.4, 0.5) is 0 Å². The van der Waals surface area contributed by atoms with Crippen LogP contribution >= 0.6 is 0 Å². The maximum Gasteiger partial charge on any atom is 0.133 e. The molecule has 0 aliphatic carbocycles. The molecule has 76 valence electrons. The highest BCUT2D eigenvalue weighted by atomic mass is 16.5. The van der Waals surface area contributed by atoms with Gasteiger partial charge in [-0.2, -0.15) is 0 Å². The number of likely N-dealkylation sites (N-methyl/N-ethyl adjacent to an activating group) is 2. The van der Waals surface area contributed by atoms with Gasteiger partial charge in [-0.25, -0.2) is 4.90 Å². The monoisotopic (exact) mass is 188 g/mol. The maximum atomic E-state index is 10.7. The first kappa shape index (κ1) is 10.4. The SMILES string of the molecule is CO[C@H](C(=O)[O-])C1C[NH+](C)CN1C. The van der Waals surface area contributed by atoms with Gasteiger partial charge in [0.2, 0.25) is 0 Å². The Labute approximate surface area is 77.9 Å². The quantitative estimate of drug-likeness (QED) is 0.500. The molecular formula is C8H16N2O3. The van der Waals surface area contributed by atoms with Crippen molar-refractivity contribution in [3.05, 3.63) is 0 Å². The van der Waals surface area contributed by atoms with E-state index in [4.69, 9.17) is 4.74 Å². The molecule has 0 aromatic rings. The van der Waals surface area contributed by atoms with Crippen LogP contribution in [0.2, 0.25) is 0 Å². The molecular weight excluding hydrogens is 172 g/mol. The Bertz CT molecular complexity index is 198. The third-order valence-corrected chi connectivity index (χ3v) is 2.48. The fourth-order valence-corrected chi connectivity index (χ4v) is 1.87. The van der Waals surface area contributed by atoms with Crippen LogP contribution in [0.1, 0.15) is 0 Å². The average Bonchev–Trinajstić information content (AvgIpc) is 2.31. The topological polar surface area (TPSA) is 57.0 Å². The molecule has 0 bridgehead atoms. The molecule has 1 aliphatic heterocycles. The molecule has 1 N–H and O–H groups in total. The number of carboxylic acids is 1. The van der Waals surface area contributed by atoms with Crippen LogP contribution in [0.25, 0.3) is 0 Å². The van der Waals surface area contributed by atoms with Gasteiger partial charge in [-0.1, -0.05) is 0 Å². The van der Waals surface area contributed by atoms with Crippen molar-refractivity contribution in [2.75, 3.05) is 34.4 Å². The van der Waals surface area contributed by atoms with Crippen molar-refractivity contribution in [1.82, 2.24) is 4.90 Å².